The van der Waals surface area contributed by atoms with Crippen LogP contribution in [0.25, 0.3) is 0 Å². The summed E-state index contributed by atoms with van der Waals surface area (Å²) in [5, 5.41) is 4.75. The lowest BCUT2D eigenvalue weighted by Gasteiger charge is -2.02. The van der Waals surface area contributed by atoms with Gasteiger partial charge in [0.2, 0.25) is 0 Å². The van der Waals surface area contributed by atoms with Gasteiger partial charge in [0.1, 0.15) is 10.3 Å². The second-order valence-electron chi connectivity index (χ2n) is 3.83. The summed E-state index contributed by atoms with van der Waals surface area (Å²) in [5.74, 6) is -0.637. The number of thioether (sulfide) groups is 1. The molecule has 0 bridgehead atoms. The zero-order chi connectivity index (χ0) is 16.1. The Morgan fingerprint density at radius 1 is 1.18 bits per heavy atom. The number of carbonyl (C=O) groups excluding carboxylic acids is 1. The van der Waals surface area contributed by atoms with Crippen LogP contribution in [-0.4, -0.2) is 28.4 Å². The molecule has 1 aromatic carbocycles. The Morgan fingerprint density at radius 2 is 1.77 bits per heavy atom. The number of nitrogens with zero attached hydrogens (tertiary/aromatic N) is 3. The normalized spacial score (nSPS) is 10.9. The maximum atomic E-state index is 11.7. The molecule has 0 N–H and O–H groups in total. The van der Waals surface area contributed by atoms with Crippen molar-refractivity contribution in [3.63, 3.8) is 0 Å². The minimum atomic E-state index is -0.637. The number of aromatic nitrogens is 2. The minimum absolute atomic E-state index is 0.121. The van der Waals surface area contributed by atoms with Gasteiger partial charge in [-0.2, -0.15) is 0 Å². The molecule has 1 heterocycles. The van der Waals surface area contributed by atoms with Crippen molar-refractivity contribution in [2.24, 2.45) is 5.16 Å². The molecule has 0 saturated carbocycles. The average Bonchev–Trinajstić information content (AvgIpc) is 2.50. The van der Waals surface area contributed by atoms with Crippen LogP contribution >= 0.6 is 46.6 Å². The SMILES string of the molecule is CSc1nc(Cl)c(/C=N\OC(=O)c2ccc(Cl)cc2)c(Cl)n1. The number of hydrogen-bond donors (Lipinski definition) is 0. The number of oxime groups is 1. The molecule has 0 aliphatic rings. The molecule has 0 unspecified atom stereocenters. The first-order valence-electron chi connectivity index (χ1n) is 5.78. The van der Waals surface area contributed by atoms with E-state index in [2.05, 4.69) is 15.1 Å². The minimum Gasteiger partial charge on any atom is -0.313 e. The van der Waals surface area contributed by atoms with E-state index in [4.69, 9.17) is 39.6 Å². The van der Waals surface area contributed by atoms with E-state index in [9.17, 15) is 4.79 Å². The molecule has 0 aliphatic carbocycles. The van der Waals surface area contributed by atoms with Gasteiger partial charge in [0.05, 0.1) is 17.3 Å². The lowest BCUT2D eigenvalue weighted by Crippen LogP contribution is -2.01. The van der Waals surface area contributed by atoms with Crippen LogP contribution < -0.4 is 0 Å². The molecule has 22 heavy (non-hydrogen) atoms. The number of hydrogen-bond acceptors (Lipinski definition) is 6. The molecule has 0 fully saturated rings. The number of rotatable bonds is 4. The summed E-state index contributed by atoms with van der Waals surface area (Å²) in [5.41, 5.74) is 0.581. The molecule has 5 nitrogen and oxygen atoms in total. The molecular weight excluding hydrogens is 369 g/mol. The van der Waals surface area contributed by atoms with Gasteiger partial charge in [-0.05, 0) is 30.5 Å². The summed E-state index contributed by atoms with van der Waals surface area (Å²) in [6.07, 6.45) is 2.98. The first kappa shape index (κ1) is 17.0. The van der Waals surface area contributed by atoms with Crippen molar-refractivity contribution in [3.05, 3.63) is 50.7 Å². The fraction of sp³-hybridized carbons (Fsp3) is 0.0769. The third-order valence-corrected chi connectivity index (χ3v) is 3.79. The van der Waals surface area contributed by atoms with Gasteiger partial charge < -0.3 is 4.84 Å². The number of benzene rings is 1. The summed E-state index contributed by atoms with van der Waals surface area (Å²) >= 11 is 19.0. The predicted molar refractivity (Wildman–Crippen MR) is 88.3 cm³/mol. The van der Waals surface area contributed by atoms with Crippen LogP contribution in [0.1, 0.15) is 15.9 Å². The van der Waals surface area contributed by atoms with Crippen molar-refractivity contribution in [1.82, 2.24) is 9.97 Å². The Hall–Kier alpha value is -1.34. The van der Waals surface area contributed by atoms with Crippen LogP contribution in [0.4, 0.5) is 0 Å². The number of halogens is 3. The molecule has 114 valence electrons. The molecule has 0 saturated heterocycles. The van der Waals surface area contributed by atoms with Crippen molar-refractivity contribution in [2.45, 2.75) is 5.16 Å². The zero-order valence-electron chi connectivity index (χ0n) is 11.1. The highest BCUT2D eigenvalue weighted by Crippen LogP contribution is 2.22. The average molecular weight is 377 g/mol. The molecule has 0 radical (unpaired) electrons. The predicted octanol–water partition coefficient (Wildman–Crippen LogP) is 4.35. The van der Waals surface area contributed by atoms with E-state index in [1.54, 1.807) is 18.4 Å². The quantitative estimate of drug-likeness (QED) is 0.198. The fourth-order valence-electron chi connectivity index (χ4n) is 1.36. The van der Waals surface area contributed by atoms with E-state index < -0.39 is 5.97 Å². The van der Waals surface area contributed by atoms with Crippen molar-refractivity contribution >= 4 is 58.7 Å². The summed E-state index contributed by atoms with van der Waals surface area (Å²) in [6.45, 7) is 0. The van der Waals surface area contributed by atoms with Gasteiger partial charge in [0, 0.05) is 5.02 Å². The first-order chi connectivity index (χ1) is 10.5. The Balaban J connectivity index is 2.09. The molecule has 0 atom stereocenters. The van der Waals surface area contributed by atoms with Crippen LogP contribution in [0.15, 0.2) is 34.6 Å². The van der Waals surface area contributed by atoms with Crippen molar-refractivity contribution in [3.8, 4) is 0 Å². The van der Waals surface area contributed by atoms with Gasteiger partial charge in [0.25, 0.3) is 0 Å². The van der Waals surface area contributed by atoms with Gasteiger partial charge in [-0.15, -0.1) is 0 Å². The van der Waals surface area contributed by atoms with E-state index in [0.29, 0.717) is 15.7 Å². The second-order valence-corrected chi connectivity index (χ2v) is 5.75. The Morgan fingerprint density at radius 3 is 2.32 bits per heavy atom. The highest BCUT2D eigenvalue weighted by atomic mass is 35.5. The Bertz CT molecular complexity index is 700. The van der Waals surface area contributed by atoms with E-state index in [0.717, 1.165) is 0 Å². The zero-order valence-corrected chi connectivity index (χ0v) is 14.2. The van der Waals surface area contributed by atoms with E-state index in [1.165, 1.54) is 30.1 Å². The van der Waals surface area contributed by atoms with Crippen LogP contribution in [0.5, 0.6) is 0 Å². The standard InChI is InChI=1S/C13H8Cl3N3O2S/c1-22-13-18-10(15)9(11(16)19-13)6-17-21-12(20)7-2-4-8(14)5-3-7/h2-6H,1H3/b17-6-. The summed E-state index contributed by atoms with van der Waals surface area (Å²) in [6, 6.07) is 6.20. The highest BCUT2D eigenvalue weighted by Gasteiger charge is 2.11. The van der Waals surface area contributed by atoms with E-state index in [1.807, 2.05) is 0 Å². The van der Waals surface area contributed by atoms with E-state index in [-0.39, 0.29) is 15.9 Å². The van der Waals surface area contributed by atoms with Crippen LogP contribution in [0, 0.1) is 0 Å². The van der Waals surface area contributed by atoms with Gasteiger partial charge in [-0.3, -0.25) is 0 Å². The molecule has 0 amide bonds. The maximum Gasteiger partial charge on any atom is 0.365 e. The topological polar surface area (TPSA) is 64.4 Å². The van der Waals surface area contributed by atoms with Crippen LogP contribution in [0.3, 0.4) is 0 Å². The van der Waals surface area contributed by atoms with Crippen molar-refractivity contribution in [2.75, 3.05) is 6.26 Å². The van der Waals surface area contributed by atoms with E-state index >= 15 is 0 Å². The van der Waals surface area contributed by atoms with Gasteiger partial charge in [0.15, 0.2) is 5.16 Å². The van der Waals surface area contributed by atoms with Crippen molar-refractivity contribution < 1.29 is 9.63 Å². The Kier molecular flexibility index (Phi) is 6.02. The van der Waals surface area contributed by atoms with Gasteiger partial charge in [-0.25, -0.2) is 14.8 Å². The Labute approximate surface area is 145 Å². The summed E-state index contributed by atoms with van der Waals surface area (Å²) in [7, 11) is 0. The second kappa shape index (κ2) is 7.78. The first-order valence-corrected chi connectivity index (χ1v) is 8.14. The van der Waals surface area contributed by atoms with Gasteiger partial charge in [-0.1, -0.05) is 51.7 Å². The molecule has 9 heteroatoms. The van der Waals surface area contributed by atoms with Crippen LogP contribution in [-0.2, 0) is 4.84 Å². The molecule has 0 spiro atoms. The maximum absolute atomic E-state index is 11.7. The largest absolute Gasteiger partial charge is 0.365 e. The third-order valence-electron chi connectivity index (χ3n) is 2.41. The molecular formula is C13H8Cl3N3O2S. The monoisotopic (exact) mass is 375 g/mol. The third kappa shape index (κ3) is 4.33. The lowest BCUT2D eigenvalue weighted by atomic mass is 10.2. The number of carbonyl (C=O) groups is 1. The summed E-state index contributed by atoms with van der Waals surface area (Å²) < 4.78 is 0. The molecule has 2 aromatic rings. The smallest absolute Gasteiger partial charge is 0.313 e. The van der Waals surface area contributed by atoms with Gasteiger partial charge >= 0.3 is 5.97 Å². The van der Waals surface area contributed by atoms with Crippen LogP contribution in [0.2, 0.25) is 15.3 Å². The highest BCUT2D eigenvalue weighted by molar-refractivity contribution is 7.98. The lowest BCUT2D eigenvalue weighted by molar-refractivity contribution is 0.0519. The molecule has 1 aromatic heterocycles. The van der Waals surface area contributed by atoms with Crippen molar-refractivity contribution in [1.29, 1.82) is 0 Å². The fourth-order valence-corrected chi connectivity index (χ4v) is 2.44. The summed E-state index contributed by atoms with van der Waals surface area (Å²) in [4.78, 5) is 24.5. The molecule has 0 aliphatic heterocycles. The molecule has 2 rings (SSSR count).